The predicted octanol–water partition coefficient (Wildman–Crippen LogP) is 9.04. The molecule has 330 valence electrons. The van der Waals surface area contributed by atoms with Gasteiger partial charge in [-0.25, -0.2) is 4.79 Å². The second-order valence-corrected chi connectivity index (χ2v) is 15.4. The summed E-state index contributed by atoms with van der Waals surface area (Å²) in [7, 11) is 3.24. The molecule has 0 radical (unpaired) electrons. The van der Waals surface area contributed by atoms with E-state index in [1.807, 2.05) is 78.9 Å². The van der Waals surface area contributed by atoms with E-state index in [2.05, 4.69) is 36.2 Å². The molecule has 1 aromatic heterocycles. The molecule has 0 unspecified atom stereocenters. The molecule has 1 fully saturated rings. The molecule has 4 atom stereocenters. The number of unbranched alkanes of at least 4 members (excludes halogenated alkanes) is 9. The number of aliphatic hydroxyl groups excluding tert-OH is 1. The van der Waals surface area contributed by atoms with Gasteiger partial charge >= 0.3 is 5.69 Å². The first-order chi connectivity index (χ1) is 29.9. The zero-order valence-corrected chi connectivity index (χ0v) is 36.3. The largest absolute Gasteiger partial charge is 0.497 e. The number of aromatic amines is 1. The number of aliphatic hydroxyl groups is 1. The predicted molar refractivity (Wildman–Crippen MR) is 239 cm³/mol. The van der Waals surface area contributed by atoms with Crippen LogP contribution in [-0.4, -0.2) is 73.6 Å². The van der Waals surface area contributed by atoms with E-state index >= 15 is 0 Å². The summed E-state index contributed by atoms with van der Waals surface area (Å²) in [6, 6.07) is 26.5. The van der Waals surface area contributed by atoms with Gasteiger partial charge in [-0.2, -0.15) is 0 Å². The van der Waals surface area contributed by atoms with E-state index in [0.717, 1.165) is 42.4 Å². The van der Waals surface area contributed by atoms with Gasteiger partial charge in [0, 0.05) is 18.9 Å². The van der Waals surface area contributed by atoms with Crippen molar-refractivity contribution in [3.63, 3.8) is 0 Å². The van der Waals surface area contributed by atoms with Crippen LogP contribution < -0.4 is 20.7 Å². The molecule has 2 N–H and O–H groups in total. The van der Waals surface area contributed by atoms with Crippen LogP contribution in [0.15, 0.2) is 125 Å². The second kappa shape index (κ2) is 25.9. The molecule has 4 aromatic rings. The summed E-state index contributed by atoms with van der Waals surface area (Å²) in [5.74, 6) is 1.39. The topological polar surface area (TPSA) is 130 Å². The van der Waals surface area contributed by atoms with Crippen molar-refractivity contribution in [2.45, 2.75) is 114 Å². The van der Waals surface area contributed by atoms with Crippen molar-refractivity contribution in [3.05, 3.63) is 153 Å². The highest BCUT2D eigenvalue weighted by molar-refractivity contribution is 5.49. The van der Waals surface area contributed by atoms with Crippen LogP contribution in [0.4, 0.5) is 0 Å². The minimum Gasteiger partial charge on any atom is -0.497 e. The molecular formula is C50H66N2O9. The van der Waals surface area contributed by atoms with Crippen molar-refractivity contribution in [2.24, 2.45) is 0 Å². The smallest absolute Gasteiger partial charge is 0.330 e. The van der Waals surface area contributed by atoms with E-state index in [4.69, 9.17) is 28.4 Å². The minimum absolute atomic E-state index is 0.0447. The van der Waals surface area contributed by atoms with E-state index in [9.17, 15) is 14.7 Å². The molecule has 0 aliphatic carbocycles. The first-order valence-electron chi connectivity index (χ1n) is 22.0. The van der Waals surface area contributed by atoms with Gasteiger partial charge in [-0.1, -0.05) is 124 Å². The van der Waals surface area contributed by atoms with Crippen LogP contribution in [0.3, 0.4) is 0 Å². The van der Waals surface area contributed by atoms with Crippen molar-refractivity contribution in [3.8, 4) is 11.5 Å². The van der Waals surface area contributed by atoms with Crippen LogP contribution in [0, 0.1) is 0 Å². The molecule has 11 nitrogen and oxygen atoms in total. The van der Waals surface area contributed by atoms with Gasteiger partial charge in [0.25, 0.3) is 5.56 Å². The Labute approximate surface area is 361 Å². The van der Waals surface area contributed by atoms with E-state index < -0.39 is 41.4 Å². The van der Waals surface area contributed by atoms with E-state index in [0.29, 0.717) is 24.7 Å². The Kier molecular flexibility index (Phi) is 20.0. The highest BCUT2D eigenvalue weighted by atomic mass is 16.6. The third kappa shape index (κ3) is 13.9. The van der Waals surface area contributed by atoms with Crippen LogP contribution in [0.25, 0.3) is 0 Å². The Morgan fingerprint density at radius 3 is 1.90 bits per heavy atom. The fourth-order valence-electron chi connectivity index (χ4n) is 7.74. The molecule has 11 heteroatoms. The maximum absolute atomic E-state index is 12.9. The highest BCUT2D eigenvalue weighted by Crippen LogP contribution is 2.43. The fourth-order valence-corrected chi connectivity index (χ4v) is 7.74. The van der Waals surface area contributed by atoms with Gasteiger partial charge in [0.15, 0.2) is 6.23 Å². The molecular weight excluding hydrogens is 773 g/mol. The number of H-pyrrole nitrogens is 1. The first kappa shape index (κ1) is 47.3. The molecule has 5 rings (SSSR count). The van der Waals surface area contributed by atoms with Gasteiger partial charge in [0.1, 0.15) is 35.4 Å². The Bertz CT molecular complexity index is 1940. The number of nitrogens with zero attached hydrogens (tertiary/aromatic N) is 1. The summed E-state index contributed by atoms with van der Waals surface area (Å²) in [6.07, 6.45) is 20.5. The zero-order valence-electron chi connectivity index (χ0n) is 36.3. The average Bonchev–Trinajstić information content (AvgIpc) is 3.60. The summed E-state index contributed by atoms with van der Waals surface area (Å²) < 4.78 is 37.9. The summed E-state index contributed by atoms with van der Waals surface area (Å²) in [6.45, 7) is 3.33. The molecule has 1 saturated heterocycles. The summed E-state index contributed by atoms with van der Waals surface area (Å²) in [5, 5.41) is 11.7. The molecule has 3 aromatic carbocycles. The quantitative estimate of drug-likeness (QED) is 0.0327. The SMILES string of the molecule is CCCCC/C=C\C/C=C\CCCCCCCCOCCO[C@H]1[C@@H](O)[C@H](n2ccc(=O)[nH]c2=O)O[C@@H]1COC(c1ccccc1)(c1ccc(OC)cc1)c1ccc(OC)cc1. The summed E-state index contributed by atoms with van der Waals surface area (Å²) >= 11 is 0. The number of rotatable bonds is 28. The second-order valence-electron chi connectivity index (χ2n) is 15.4. The van der Waals surface area contributed by atoms with E-state index in [1.54, 1.807) is 14.2 Å². The van der Waals surface area contributed by atoms with Gasteiger partial charge in [0.2, 0.25) is 0 Å². The van der Waals surface area contributed by atoms with Crippen LogP contribution in [-0.2, 0) is 24.5 Å². The number of allylic oxidation sites excluding steroid dienone is 4. The number of ether oxygens (including phenoxy) is 6. The third-order valence-corrected chi connectivity index (χ3v) is 11.1. The van der Waals surface area contributed by atoms with E-state index in [-0.39, 0.29) is 13.2 Å². The highest BCUT2D eigenvalue weighted by Gasteiger charge is 2.48. The normalized spacial score (nSPS) is 18.0. The Hall–Kier alpha value is -4.78. The first-order valence-corrected chi connectivity index (χ1v) is 22.0. The molecule has 0 amide bonds. The van der Waals surface area contributed by atoms with Crippen molar-refractivity contribution in [1.29, 1.82) is 0 Å². The third-order valence-electron chi connectivity index (χ3n) is 11.1. The number of nitrogens with one attached hydrogen (secondary N) is 1. The van der Waals surface area contributed by atoms with Crippen LogP contribution in [0.5, 0.6) is 11.5 Å². The van der Waals surface area contributed by atoms with Crippen molar-refractivity contribution < 1.29 is 33.5 Å². The number of hydrogen-bond donors (Lipinski definition) is 2. The number of hydrogen-bond acceptors (Lipinski definition) is 9. The maximum Gasteiger partial charge on any atom is 0.330 e. The molecule has 61 heavy (non-hydrogen) atoms. The standard InChI is InChI=1S/C50H66N2O9/c1-4-5-6-7-8-9-10-11-12-13-14-15-16-17-18-22-35-58-36-37-59-47-44(61-48(46(47)54)52-34-33-45(53)51-49(52)55)38-60-50(39-23-20-19-21-24-39,40-25-29-42(56-2)30-26-40)41-27-31-43(57-3)32-28-41/h8-9,11-12,19-21,23-34,44,46-48,54H,4-7,10,13-18,22,35-38H2,1-3H3,(H,51,53,55)/b9-8-,12-11-/t44-,46-,47-,48-/m1/s1. The van der Waals surface area contributed by atoms with Crippen molar-refractivity contribution >= 4 is 0 Å². The van der Waals surface area contributed by atoms with Gasteiger partial charge in [-0.3, -0.25) is 14.3 Å². The van der Waals surface area contributed by atoms with Crippen molar-refractivity contribution in [1.82, 2.24) is 9.55 Å². The van der Waals surface area contributed by atoms with E-state index in [1.165, 1.54) is 68.2 Å². The van der Waals surface area contributed by atoms with Gasteiger partial charge in [-0.05, 0) is 79.5 Å². The molecule has 0 bridgehead atoms. The lowest BCUT2D eigenvalue weighted by Crippen LogP contribution is -2.41. The average molecular weight is 839 g/mol. The minimum atomic E-state index is -1.27. The molecule has 1 aliphatic rings. The Balaban J connectivity index is 1.19. The zero-order chi connectivity index (χ0) is 43.1. The number of methoxy groups -OCH3 is 2. The molecule has 1 aliphatic heterocycles. The van der Waals surface area contributed by atoms with Gasteiger partial charge in [0.05, 0.1) is 34.0 Å². The van der Waals surface area contributed by atoms with Crippen LogP contribution >= 0.6 is 0 Å². The summed E-state index contributed by atoms with van der Waals surface area (Å²) in [5.41, 5.74) is 0.0929. The van der Waals surface area contributed by atoms with Gasteiger partial charge in [-0.15, -0.1) is 0 Å². The van der Waals surface area contributed by atoms with Crippen molar-refractivity contribution in [2.75, 3.05) is 40.6 Å². The number of aromatic nitrogens is 2. The molecule has 0 saturated carbocycles. The Morgan fingerprint density at radius 1 is 0.705 bits per heavy atom. The summed E-state index contributed by atoms with van der Waals surface area (Å²) in [4.78, 5) is 27.1. The lowest BCUT2D eigenvalue weighted by atomic mass is 9.80. The van der Waals surface area contributed by atoms with Gasteiger partial charge < -0.3 is 33.5 Å². The van der Waals surface area contributed by atoms with Crippen LogP contribution in [0.2, 0.25) is 0 Å². The molecule has 0 spiro atoms. The Morgan fingerprint density at radius 2 is 1.30 bits per heavy atom. The maximum atomic E-state index is 12.9. The number of benzene rings is 3. The van der Waals surface area contributed by atoms with Crippen LogP contribution in [0.1, 0.15) is 107 Å². The molecule has 2 heterocycles. The lowest BCUT2D eigenvalue weighted by Gasteiger charge is -2.37. The fraction of sp³-hybridized carbons (Fsp3) is 0.480. The lowest BCUT2D eigenvalue weighted by molar-refractivity contribution is -0.108. The monoisotopic (exact) mass is 838 g/mol.